The van der Waals surface area contributed by atoms with Crippen molar-refractivity contribution in [2.75, 3.05) is 0 Å². The number of nitrogens with zero attached hydrogens (tertiary/aromatic N) is 3. The van der Waals surface area contributed by atoms with Gasteiger partial charge in [-0.15, -0.1) is 0 Å². The van der Waals surface area contributed by atoms with Crippen LogP contribution >= 0.6 is 11.6 Å². The lowest BCUT2D eigenvalue weighted by atomic mass is 10.0. The minimum atomic E-state index is 0.242. The highest BCUT2D eigenvalue weighted by molar-refractivity contribution is 6.31. The van der Waals surface area contributed by atoms with E-state index in [9.17, 15) is 0 Å². The molecule has 0 N–H and O–H groups in total. The van der Waals surface area contributed by atoms with Crippen LogP contribution in [-0.4, -0.2) is 16.0 Å². The third-order valence-electron chi connectivity index (χ3n) is 3.64. The maximum Gasteiger partial charge on any atom is 0.0966 e. The number of hydrogen-bond donors (Lipinski definition) is 0. The Hall–Kier alpha value is -2.26. The van der Waals surface area contributed by atoms with Crippen molar-refractivity contribution < 1.29 is 0 Å². The molecular formula is C17H12ClN3. The topological polar surface area (TPSA) is 38.1 Å². The van der Waals surface area contributed by atoms with Crippen molar-refractivity contribution in [2.24, 2.45) is 4.99 Å². The summed E-state index contributed by atoms with van der Waals surface area (Å²) in [7, 11) is 0. The first-order valence-corrected chi connectivity index (χ1v) is 7.19. The van der Waals surface area contributed by atoms with E-state index < -0.39 is 0 Å². The van der Waals surface area contributed by atoms with Crippen LogP contribution in [0.2, 0.25) is 5.02 Å². The largest absolute Gasteiger partial charge is 0.278 e. The number of fused-ring (bicyclic) bond motifs is 2. The summed E-state index contributed by atoms with van der Waals surface area (Å²) in [6, 6.07) is 10.3. The molecule has 0 bridgehead atoms. The van der Waals surface area contributed by atoms with Crippen LogP contribution in [0, 0.1) is 0 Å². The predicted octanol–water partition coefficient (Wildman–Crippen LogP) is 2.75. The Kier molecular flexibility index (Phi) is 2.76. The summed E-state index contributed by atoms with van der Waals surface area (Å²) in [5.41, 5.74) is 3.76. The van der Waals surface area contributed by atoms with E-state index in [2.05, 4.69) is 40.1 Å². The van der Waals surface area contributed by atoms with Crippen LogP contribution in [-0.2, 0) is 0 Å². The molecule has 0 saturated carbocycles. The number of hydrogen-bond acceptors (Lipinski definition) is 3. The van der Waals surface area contributed by atoms with Crippen LogP contribution in [0.3, 0.4) is 0 Å². The monoisotopic (exact) mass is 293 g/mol. The number of benzene rings is 2. The molecule has 4 heteroatoms. The first kappa shape index (κ1) is 12.5. The normalized spacial score (nSPS) is 16.4. The molecule has 3 nitrogen and oxygen atoms in total. The highest BCUT2D eigenvalue weighted by Gasteiger charge is 2.10. The summed E-state index contributed by atoms with van der Waals surface area (Å²) in [6.07, 6.45) is 5.55. The molecule has 4 rings (SSSR count). The second-order valence-corrected chi connectivity index (χ2v) is 5.62. The predicted molar refractivity (Wildman–Crippen MR) is 84.7 cm³/mol. The molecule has 1 unspecified atom stereocenters. The minimum absolute atomic E-state index is 0.242. The smallest absolute Gasteiger partial charge is 0.0966 e. The van der Waals surface area contributed by atoms with Crippen LogP contribution in [0.1, 0.15) is 6.92 Å². The summed E-state index contributed by atoms with van der Waals surface area (Å²) < 4.78 is 0. The van der Waals surface area contributed by atoms with Crippen molar-refractivity contribution >= 4 is 28.7 Å². The molecule has 2 heterocycles. The summed E-state index contributed by atoms with van der Waals surface area (Å²) in [6.45, 7) is 2.08. The Morgan fingerprint density at radius 3 is 2.81 bits per heavy atom. The second-order valence-electron chi connectivity index (χ2n) is 5.19. The third kappa shape index (κ3) is 2.10. The van der Waals surface area contributed by atoms with Gasteiger partial charge in [-0.3, -0.25) is 15.0 Å². The maximum atomic E-state index is 6.22. The van der Waals surface area contributed by atoms with E-state index in [1.54, 1.807) is 12.4 Å². The third-order valence-corrected chi connectivity index (χ3v) is 3.86. The maximum absolute atomic E-state index is 6.22. The van der Waals surface area contributed by atoms with E-state index in [0.717, 1.165) is 32.7 Å². The first-order valence-electron chi connectivity index (χ1n) is 6.81. The summed E-state index contributed by atoms with van der Waals surface area (Å²) >= 11 is 6.22. The first-order chi connectivity index (χ1) is 10.2. The zero-order valence-electron chi connectivity index (χ0n) is 11.4. The average Bonchev–Trinajstić information content (AvgIpc) is 2.85. The van der Waals surface area contributed by atoms with E-state index in [1.807, 2.05) is 18.2 Å². The quantitative estimate of drug-likeness (QED) is 0.692. The molecule has 0 radical (unpaired) electrons. The molecule has 1 aliphatic rings. The van der Waals surface area contributed by atoms with E-state index in [1.165, 1.54) is 0 Å². The Balaban J connectivity index is 2.02. The molecule has 1 atom stereocenters. The second kappa shape index (κ2) is 4.64. The summed E-state index contributed by atoms with van der Waals surface area (Å²) in [5.74, 6) is 0. The zero-order valence-corrected chi connectivity index (χ0v) is 12.2. The molecule has 0 saturated heterocycles. The molecule has 0 fully saturated rings. The van der Waals surface area contributed by atoms with Gasteiger partial charge in [-0.1, -0.05) is 23.7 Å². The lowest BCUT2D eigenvalue weighted by Gasteiger charge is -2.06. The molecule has 1 aliphatic heterocycles. The molecule has 0 spiro atoms. The highest BCUT2D eigenvalue weighted by Crippen LogP contribution is 2.28. The van der Waals surface area contributed by atoms with Crippen molar-refractivity contribution in [2.45, 2.75) is 13.0 Å². The molecule has 2 aromatic carbocycles. The van der Waals surface area contributed by atoms with Crippen LogP contribution in [0.5, 0.6) is 0 Å². The van der Waals surface area contributed by atoms with Gasteiger partial charge in [0.2, 0.25) is 0 Å². The molecule has 1 aromatic heterocycles. The lowest BCUT2D eigenvalue weighted by molar-refractivity contribution is 0.955. The van der Waals surface area contributed by atoms with Crippen molar-refractivity contribution in [3.05, 3.63) is 58.3 Å². The van der Waals surface area contributed by atoms with Crippen LogP contribution in [0.25, 0.3) is 28.2 Å². The van der Waals surface area contributed by atoms with Crippen molar-refractivity contribution in [1.82, 2.24) is 9.97 Å². The van der Waals surface area contributed by atoms with Crippen LogP contribution in [0.4, 0.5) is 0 Å². The van der Waals surface area contributed by atoms with Gasteiger partial charge in [-0.05, 0) is 42.0 Å². The van der Waals surface area contributed by atoms with Crippen molar-refractivity contribution in [3.63, 3.8) is 0 Å². The fourth-order valence-electron chi connectivity index (χ4n) is 2.75. The fourth-order valence-corrected chi connectivity index (χ4v) is 2.96. The van der Waals surface area contributed by atoms with E-state index in [-0.39, 0.29) is 6.04 Å². The van der Waals surface area contributed by atoms with Crippen LogP contribution < -0.4 is 10.6 Å². The number of rotatable bonds is 1. The van der Waals surface area contributed by atoms with Gasteiger partial charge in [0.15, 0.2) is 0 Å². The van der Waals surface area contributed by atoms with Crippen molar-refractivity contribution in [1.29, 1.82) is 0 Å². The Morgan fingerprint density at radius 1 is 1.05 bits per heavy atom. The molecule has 102 valence electrons. The minimum Gasteiger partial charge on any atom is -0.278 e. The fraction of sp³-hybridized carbons (Fsp3) is 0.118. The average molecular weight is 294 g/mol. The number of halogens is 1. The molecular weight excluding hydrogens is 282 g/mol. The van der Waals surface area contributed by atoms with Gasteiger partial charge in [-0.2, -0.15) is 0 Å². The lowest BCUT2D eigenvalue weighted by Crippen LogP contribution is -2.20. The van der Waals surface area contributed by atoms with Gasteiger partial charge >= 0.3 is 0 Å². The molecule has 0 aliphatic carbocycles. The highest BCUT2D eigenvalue weighted by atomic mass is 35.5. The standard InChI is InChI=1S/C17H12ClN3/c1-10-6-12-7-11(2-3-15(12)21-10)14-8-13(18)9-16-17(14)20-5-4-19-16/h2-10H,1H3. The molecule has 0 amide bonds. The Morgan fingerprint density at radius 2 is 1.90 bits per heavy atom. The van der Waals surface area contributed by atoms with E-state index in [4.69, 9.17) is 11.6 Å². The van der Waals surface area contributed by atoms with Gasteiger partial charge in [0.1, 0.15) is 0 Å². The van der Waals surface area contributed by atoms with Crippen LogP contribution in [0.15, 0.2) is 47.7 Å². The van der Waals surface area contributed by atoms with Gasteiger partial charge in [-0.25, -0.2) is 0 Å². The Bertz CT molecular complexity index is 979. The summed E-state index contributed by atoms with van der Waals surface area (Å²) in [4.78, 5) is 13.3. The SMILES string of the molecule is CC1C=c2cc(-c3cc(Cl)cc4nccnc34)ccc2=N1. The molecule has 3 aromatic rings. The molecule has 21 heavy (non-hydrogen) atoms. The zero-order chi connectivity index (χ0) is 14.4. The van der Waals surface area contributed by atoms with Gasteiger partial charge < -0.3 is 0 Å². The van der Waals surface area contributed by atoms with Crippen molar-refractivity contribution in [3.8, 4) is 11.1 Å². The van der Waals surface area contributed by atoms with E-state index >= 15 is 0 Å². The number of aromatic nitrogens is 2. The van der Waals surface area contributed by atoms with Gasteiger partial charge in [0, 0.05) is 23.0 Å². The Labute approximate surface area is 126 Å². The van der Waals surface area contributed by atoms with Gasteiger partial charge in [0.05, 0.1) is 22.4 Å². The summed E-state index contributed by atoms with van der Waals surface area (Å²) in [5, 5.41) is 2.88. The van der Waals surface area contributed by atoms with Gasteiger partial charge in [0.25, 0.3) is 0 Å². The van der Waals surface area contributed by atoms with E-state index in [0.29, 0.717) is 5.02 Å².